The second-order valence-electron chi connectivity index (χ2n) is 5.93. The van der Waals surface area contributed by atoms with Gasteiger partial charge in [-0.3, -0.25) is 4.79 Å². The minimum atomic E-state index is -0.411. The number of carbonyl (C=O) groups excluding carboxylic acids is 1. The zero-order valence-electron chi connectivity index (χ0n) is 13.0. The van der Waals surface area contributed by atoms with Gasteiger partial charge in [0.15, 0.2) is 0 Å². The van der Waals surface area contributed by atoms with Gasteiger partial charge in [-0.05, 0) is 58.0 Å². The third-order valence-corrected chi connectivity index (χ3v) is 3.35. The van der Waals surface area contributed by atoms with Crippen molar-refractivity contribution in [3.05, 3.63) is 47.3 Å². The van der Waals surface area contributed by atoms with Crippen molar-refractivity contribution in [2.45, 2.75) is 33.2 Å². The Kier molecular flexibility index (Phi) is 4.14. The van der Waals surface area contributed by atoms with Gasteiger partial charge >= 0.3 is 0 Å². The van der Waals surface area contributed by atoms with E-state index in [1.54, 1.807) is 12.1 Å². The molecule has 2 aromatic rings. The molecule has 0 atom stereocenters. The van der Waals surface area contributed by atoms with E-state index < -0.39 is 5.54 Å². The lowest BCUT2D eigenvalue weighted by atomic mass is 10.1. The molecule has 1 aromatic heterocycles. The van der Waals surface area contributed by atoms with Crippen molar-refractivity contribution in [2.24, 2.45) is 5.73 Å². The van der Waals surface area contributed by atoms with E-state index in [4.69, 9.17) is 5.73 Å². The van der Waals surface area contributed by atoms with Gasteiger partial charge in [0.1, 0.15) is 0 Å². The first-order valence-electron chi connectivity index (χ1n) is 6.99. The molecule has 0 aliphatic rings. The van der Waals surface area contributed by atoms with E-state index >= 15 is 0 Å². The molecule has 1 aromatic carbocycles. The second kappa shape index (κ2) is 5.69. The quantitative estimate of drug-likeness (QED) is 0.902. The predicted molar refractivity (Wildman–Crippen MR) is 83.6 cm³/mol. The monoisotopic (exact) mass is 286 g/mol. The minimum Gasteiger partial charge on any atom is -0.346 e. The first-order chi connectivity index (χ1) is 9.82. The van der Waals surface area contributed by atoms with Gasteiger partial charge in [-0.1, -0.05) is 0 Å². The predicted octanol–water partition coefficient (Wildman–Crippen LogP) is 1.96. The number of hydrogen-bond acceptors (Lipinski definition) is 3. The third-order valence-electron chi connectivity index (χ3n) is 3.35. The molecule has 0 saturated heterocycles. The Hall–Kier alpha value is -2.14. The molecule has 21 heavy (non-hydrogen) atoms. The van der Waals surface area contributed by atoms with Crippen LogP contribution >= 0.6 is 0 Å². The summed E-state index contributed by atoms with van der Waals surface area (Å²) in [5, 5.41) is 7.34. The normalized spacial score (nSPS) is 11.5. The first-order valence-corrected chi connectivity index (χ1v) is 6.99. The summed E-state index contributed by atoms with van der Waals surface area (Å²) in [7, 11) is 0. The maximum absolute atomic E-state index is 12.1. The van der Waals surface area contributed by atoms with Gasteiger partial charge in [0.25, 0.3) is 5.91 Å². The fourth-order valence-corrected chi connectivity index (χ4v) is 2.07. The summed E-state index contributed by atoms with van der Waals surface area (Å²) in [5.41, 5.74) is 8.80. The maximum Gasteiger partial charge on any atom is 0.251 e. The summed E-state index contributed by atoms with van der Waals surface area (Å²) in [5.74, 6) is -0.120. The van der Waals surface area contributed by atoms with E-state index in [-0.39, 0.29) is 5.91 Å². The van der Waals surface area contributed by atoms with Crippen molar-refractivity contribution in [3.63, 3.8) is 0 Å². The molecule has 112 valence electrons. The van der Waals surface area contributed by atoms with Crippen molar-refractivity contribution in [1.29, 1.82) is 0 Å². The fraction of sp³-hybridized carbons (Fsp3) is 0.375. The van der Waals surface area contributed by atoms with Gasteiger partial charge in [0, 0.05) is 23.3 Å². The Morgan fingerprint density at radius 2 is 1.90 bits per heavy atom. The SMILES string of the molecule is Cc1cc(C)n(-c2ccc(C(=O)NC(C)(C)CN)cc2)n1. The molecule has 5 heteroatoms. The van der Waals surface area contributed by atoms with E-state index in [0.29, 0.717) is 12.1 Å². The molecule has 3 N–H and O–H groups in total. The largest absolute Gasteiger partial charge is 0.346 e. The van der Waals surface area contributed by atoms with Crippen LogP contribution in [0.4, 0.5) is 0 Å². The van der Waals surface area contributed by atoms with Crippen LogP contribution in [0.15, 0.2) is 30.3 Å². The van der Waals surface area contributed by atoms with Crippen molar-refractivity contribution in [3.8, 4) is 5.69 Å². The third kappa shape index (κ3) is 3.49. The van der Waals surface area contributed by atoms with Gasteiger partial charge in [-0.15, -0.1) is 0 Å². The lowest BCUT2D eigenvalue weighted by Crippen LogP contribution is -2.48. The number of hydrogen-bond donors (Lipinski definition) is 2. The van der Waals surface area contributed by atoms with Crippen molar-refractivity contribution in [2.75, 3.05) is 6.54 Å². The summed E-state index contributed by atoms with van der Waals surface area (Å²) >= 11 is 0. The Balaban J connectivity index is 2.19. The van der Waals surface area contributed by atoms with Crippen LogP contribution in [-0.2, 0) is 0 Å². The standard InChI is InChI=1S/C16H22N4O/c1-11-9-12(2)20(19-11)14-7-5-13(6-8-14)15(21)18-16(3,4)10-17/h5-9H,10,17H2,1-4H3,(H,18,21). The van der Waals surface area contributed by atoms with Crippen molar-refractivity contribution < 1.29 is 4.79 Å². The zero-order chi connectivity index (χ0) is 15.6. The van der Waals surface area contributed by atoms with E-state index in [9.17, 15) is 4.79 Å². The average molecular weight is 286 g/mol. The van der Waals surface area contributed by atoms with Gasteiger partial charge in [-0.25, -0.2) is 4.68 Å². The van der Waals surface area contributed by atoms with Crippen LogP contribution in [0, 0.1) is 13.8 Å². The number of rotatable bonds is 4. The smallest absolute Gasteiger partial charge is 0.251 e. The molecule has 0 aliphatic heterocycles. The van der Waals surface area contributed by atoms with E-state index in [0.717, 1.165) is 17.1 Å². The molecular weight excluding hydrogens is 264 g/mol. The van der Waals surface area contributed by atoms with Gasteiger partial charge < -0.3 is 11.1 Å². The van der Waals surface area contributed by atoms with Crippen LogP contribution in [0.3, 0.4) is 0 Å². The molecule has 5 nitrogen and oxygen atoms in total. The van der Waals surface area contributed by atoms with Crippen LogP contribution in [-0.4, -0.2) is 27.8 Å². The molecule has 2 rings (SSSR count). The summed E-state index contributed by atoms with van der Waals surface area (Å²) < 4.78 is 1.86. The Labute approximate surface area is 125 Å². The highest BCUT2D eigenvalue weighted by Gasteiger charge is 2.19. The number of aryl methyl sites for hydroxylation is 2. The lowest BCUT2D eigenvalue weighted by Gasteiger charge is -2.24. The van der Waals surface area contributed by atoms with E-state index in [1.807, 2.05) is 50.6 Å². The topological polar surface area (TPSA) is 72.9 Å². The van der Waals surface area contributed by atoms with Crippen LogP contribution < -0.4 is 11.1 Å². The molecular formula is C16H22N4O. The number of amides is 1. The Bertz CT molecular complexity index is 641. The number of carbonyl (C=O) groups is 1. The van der Waals surface area contributed by atoms with Crippen molar-refractivity contribution >= 4 is 5.91 Å². The Morgan fingerprint density at radius 3 is 2.38 bits per heavy atom. The van der Waals surface area contributed by atoms with Crippen LogP contribution in [0.1, 0.15) is 35.6 Å². The number of benzene rings is 1. The van der Waals surface area contributed by atoms with E-state index in [2.05, 4.69) is 10.4 Å². The molecule has 0 bridgehead atoms. The van der Waals surface area contributed by atoms with Crippen LogP contribution in [0.25, 0.3) is 5.69 Å². The molecule has 0 radical (unpaired) electrons. The molecule has 0 saturated carbocycles. The number of aromatic nitrogens is 2. The van der Waals surface area contributed by atoms with Crippen LogP contribution in [0.5, 0.6) is 0 Å². The molecule has 0 aliphatic carbocycles. The second-order valence-corrected chi connectivity index (χ2v) is 5.93. The molecule has 0 unspecified atom stereocenters. The van der Waals surface area contributed by atoms with Crippen LogP contribution in [0.2, 0.25) is 0 Å². The summed E-state index contributed by atoms with van der Waals surface area (Å²) in [6, 6.07) is 9.40. The minimum absolute atomic E-state index is 0.120. The highest BCUT2D eigenvalue weighted by Crippen LogP contribution is 2.13. The van der Waals surface area contributed by atoms with Gasteiger partial charge in [0.2, 0.25) is 0 Å². The van der Waals surface area contributed by atoms with E-state index in [1.165, 1.54) is 0 Å². The highest BCUT2D eigenvalue weighted by atomic mass is 16.1. The van der Waals surface area contributed by atoms with Gasteiger partial charge in [0.05, 0.1) is 11.4 Å². The number of nitrogens with one attached hydrogen (secondary N) is 1. The molecule has 1 heterocycles. The average Bonchev–Trinajstić information content (AvgIpc) is 2.77. The fourth-order valence-electron chi connectivity index (χ4n) is 2.07. The number of nitrogens with zero attached hydrogens (tertiary/aromatic N) is 2. The van der Waals surface area contributed by atoms with Gasteiger partial charge in [-0.2, -0.15) is 5.10 Å². The first kappa shape index (κ1) is 15.3. The van der Waals surface area contributed by atoms with Crippen molar-refractivity contribution in [1.82, 2.24) is 15.1 Å². The summed E-state index contributed by atoms with van der Waals surface area (Å²) in [6.07, 6.45) is 0. The molecule has 0 fully saturated rings. The lowest BCUT2D eigenvalue weighted by molar-refractivity contribution is 0.0915. The highest BCUT2D eigenvalue weighted by molar-refractivity contribution is 5.94. The summed E-state index contributed by atoms with van der Waals surface area (Å²) in [6.45, 7) is 8.15. The summed E-state index contributed by atoms with van der Waals surface area (Å²) in [4.78, 5) is 12.1. The molecule has 1 amide bonds. The molecule has 0 spiro atoms. The maximum atomic E-state index is 12.1. The number of nitrogens with two attached hydrogens (primary N) is 1. The Morgan fingerprint density at radius 1 is 1.29 bits per heavy atom. The zero-order valence-corrected chi connectivity index (χ0v) is 13.0.